The molecule has 2 fully saturated rings. The van der Waals surface area contributed by atoms with Crippen LogP contribution in [0.25, 0.3) is 0 Å². The zero-order valence-electron chi connectivity index (χ0n) is 24.4. The van der Waals surface area contributed by atoms with Gasteiger partial charge in [-0.2, -0.15) is 0 Å². The van der Waals surface area contributed by atoms with Gasteiger partial charge in [-0.3, -0.25) is 4.79 Å². The first-order valence-corrected chi connectivity index (χ1v) is 14.7. The second-order valence-corrected chi connectivity index (χ2v) is 11.7. The maximum Gasteiger partial charge on any atom is 0.309 e. The summed E-state index contributed by atoms with van der Waals surface area (Å²) in [6.07, 6.45) is 1.56. The Morgan fingerprint density at radius 3 is 2.50 bits per heavy atom. The molecule has 11 heteroatoms. The number of ether oxygens (including phenoxy) is 8. The van der Waals surface area contributed by atoms with E-state index in [1.165, 1.54) is 14.2 Å². The fourth-order valence-corrected chi connectivity index (χ4v) is 7.04. The summed E-state index contributed by atoms with van der Waals surface area (Å²) in [5, 5.41) is 21.8. The van der Waals surface area contributed by atoms with E-state index in [1.54, 1.807) is 0 Å². The Hall–Kier alpha value is -2.99. The van der Waals surface area contributed by atoms with Crippen LogP contribution in [0.1, 0.15) is 62.7 Å². The van der Waals surface area contributed by atoms with Crippen LogP contribution < -0.4 is 9.47 Å². The first kappa shape index (κ1) is 29.1. The molecular weight excluding hydrogens is 548 g/mol. The summed E-state index contributed by atoms with van der Waals surface area (Å²) >= 11 is 0. The molecule has 0 radical (unpaired) electrons. The third kappa shape index (κ3) is 5.43. The van der Waals surface area contributed by atoms with Gasteiger partial charge in [0.25, 0.3) is 0 Å². The van der Waals surface area contributed by atoms with Crippen molar-refractivity contribution in [2.75, 3.05) is 34.2 Å². The van der Waals surface area contributed by atoms with Gasteiger partial charge in [-0.05, 0) is 48.6 Å². The number of fused-ring (bicyclic) bond motifs is 3. The lowest BCUT2D eigenvalue weighted by Gasteiger charge is -2.44. The molecule has 2 aliphatic carbocycles. The Balaban J connectivity index is 1.39. The molecule has 0 spiro atoms. The summed E-state index contributed by atoms with van der Waals surface area (Å²) < 4.78 is 46.7. The topological polar surface area (TPSA) is 131 Å². The molecule has 1 saturated carbocycles. The van der Waals surface area contributed by atoms with Gasteiger partial charge in [0.15, 0.2) is 29.3 Å². The molecule has 5 aliphatic rings. The Bertz CT molecular complexity index is 1240. The van der Waals surface area contributed by atoms with E-state index in [1.807, 2.05) is 32.1 Å². The van der Waals surface area contributed by atoms with Gasteiger partial charge >= 0.3 is 5.97 Å². The van der Waals surface area contributed by atoms with Crippen LogP contribution in [-0.4, -0.2) is 75.0 Å². The summed E-state index contributed by atoms with van der Waals surface area (Å²) in [7, 11) is 2.98. The number of hydrogen-bond acceptors (Lipinski definition) is 11. The molecule has 11 nitrogen and oxygen atoms in total. The van der Waals surface area contributed by atoms with E-state index < -0.39 is 30.1 Å². The number of aliphatic hydroxyl groups excluding tert-OH is 2. The van der Waals surface area contributed by atoms with Crippen LogP contribution in [0.3, 0.4) is 0 Å². The number of methoxy groups -OCH3 is 2. The Kier molecular flexibility index (Phi) is 8.28. The first-order valence-electron chi connectivity index (χ1n) is 14.7. The molecule has 1 aromatic carbocycles. The molecule has 42 heavy (non-hydrogen) atoms. The average Bonchev–Trinajstić information content (AvgIpc) is 3.45. The first-order chi connectivity index (χ1) is 20.3. The maximum atomic E-state index is 13.4. The van der Waals surface area contributed by atoms with Crippen LogP contribution in [-0.2, 0) is 33.2 Å². The molecule has 2 N–H and O–H groups in total. The average molecular weight is 589 g/mol. The summed E-state index contributed by atoms with van der Waals surface area (Å²) in [5.41, 5.74) is 1.70. The predicted octanol–water partition coefficient (Wildman–Crippen LogP) is 4.01. The molecule has 9 unspecified atom stereocenters. The van der Waals surface area contributed by atoms with Crippen molar-refractivity contribution in [3.05, 3.63) is 46.6 Å². The zero-order valence-corrected chi connectivity index (χ0v) is 24.4. The van der Waals surface area contributed by atoms with Crippen molar-refractivity contribution in [1.82, 2.24) is 0 Å². The third-order valence-electron chi connectivity index (χ3n) is 9.24. The molecule has 3 heterocycles. The van der Waals surface area contributed by atoms with Crippen LogP contribution in [0.4, 0.5) is 0 Å². The van der Waals surface area contributed by atoms with Crippen molar-refractivity contribution in [3.8, 4) is 11.5 Å². The van der Waals surface area contributed by atoms with Crippen LogP contribution in [0.5, 0.6) is 11.5 Å². The van der Waals surface area contributed by atoms with E-state index in [-0.39, 0.29) is 55.1 Å². The number of rotatable bonds is 5. The van der Waals surface area contributed by atoms with E-state index in [4.69, 9.17) is 37.9 Å². The van der Waals surface area contributed by atoms with Gasteiger partial charge in [0.05, 0.1) is 57.8 Å². The van der Waals surface area contributed by atoms with Crippen LogP contribution in [0, 0.1) is 17.8 Å². The maximum absolute atomic E-state index is 13.4. The number of benzene rings is 1. The van der Waals surface area contributed by atoms with Gasteiger partial charge in [-0.1, -0.05) is 6.92 Å². The quantitative estimate of drug-likeness (QED) is 0.484. The van der Waals surface area contributed by atoms with Crippen LogP contribution in [0.2, 0.25) is 0 Å². The number of carbonyl (C=O) groups is 1. The standard InChI is InChI=1S/C31H40O11/c1-15-29(17-7-27(35-3)30(33)28(8-17)36-4)20-11-26-25(39-14-40-26)10-19(20)22(5-6-37-31(15)34)42-24-9-18-13-38-16(2)41-23(18)12-21(24)32/h7,10-11,15-18,21-24,29,32-33H,5-6,8-9,12-14H2,1-4H3. The highest BCUT2D eigenvalue weighted by Crippen LogP contribution is 2.49. The molecule has 0 bridgehead atoms. The summed E-state index contributed by atoms with van der Waals surface area (Å²) in [6, 6.07) is 3.86. The van der Waals surface area contributed by atoms with Crippen LogP contribution in [0.15, 0.2) is 35.5 Å². The number of aliphatic hydroxyl groups is 2. The summed E-state index contributed by atoms with van der Waals surface area (Å²) in [6.45, 7) is 4.51. The Morgan fingerprint density at radius 1 is 1.00 bits per heavy atom. The number of esters is 1. The van der Waals surface area contributed by atoms with E-state index in [9.17, 15) is 15.0 Å². The predicted molar refractivity (Wildman–Crippen MR) is 147 cm³/mol. The lowest BCUT2D eigenvalue weighted by atomic mass is 9.72. The van der Waals surface area contributed by atoms with Crippen LogP contribution >= 0.6 is 0 Å². The normalized spacial score (nSPS) is 36.5. The van der Waals surface area contributed by atoms with Gasteiger partial charge < -0.3 is 48.1 Å². The van der Waals surface area contributed by atoms with E-state index in [0.717, 1.165) is 11.1 Å². The minimum absolute atomic E-state index is 0.0590. The highest BCUT2D eigenvalue weighted by Gasteiger charge is 2.44. The number of carbonyl (C=O) groups excluding carboxylic acids is 1. The largest absolute Gasteiger partial charge is 0.502 e. The summed E-state index contributed by atoms with van der Waals surface area (Å²) in [5.74, 6) is 0.310. The number of allylic oxidation sites excluding steroid dienone is 2. The smallest absolute Gasteiger partial charge is 0.309 e. The molecule has 9 atom stereocenters. The number of hydrogen-bond donors (Lipinski definition) is 2. The molecule has 6 rings (SSSR count). The van der Waals surface area contributed by atoms with Gasteiger partial charge in [0, 0.05) is 31.1 Å². The lowest BCUT2D eigenvalue weighted by Crippen LogP contribution is -2.50. The third-order valence-corrected chi connectivity index (χ3v) is 9.24. The van der Waals surface area contributed by atoms with Crippen molar-refractivity contribution in [2.24, 2.45) is 17.8 Å². The molecule has 0 amide bonds. The molecular formula is C31H40O11. The molecule has 1 aromatic rings. The van der Waals surface area contributed by atoms with E-state index in [0.29, 0.717) is 49.5 Å². The van der Waals surface area contributed by atoms with E-state index in [2.05, 4.69) is 0 Å². The monoisotopic (exact) mass is 588 g/mol. The highest BCUT2D eigenvalue weighted by atomic mass is 16.7. The molecule has 230 valence electrons. The van der Waals surface area contributed by atoms with Crippen molar-refractivity contribution < 1.29 is 52.9 Å². The minimum Gasteiger partial charge on any atom is -0.502 e. The molecule has 1 saturated heterocycles. The fourth-order valence-electron chi connectivity index (χ4n) is 7.04. The van der Waals surface area contributed by atoms with Gasteiger partial charge in [-0.15, -0.1) is 0 Å². The number of cyclic esters (lactones) is 1. The van der Waals surface area contributed by atoms with Crippen molar-refractivity contribution in [2.45, 2.75) is 76.2 Å². The zero-order chi connectivity index (χ0) is 29.5. The highest BCUT2D eigenvalue weighted by molar-refractivity contribution is 5.74. The van der Waals surface area contributed by atoms with Crippen molar-refractivity contribution >= 4 is 5.97 Å². The lowest BCUT2D eigenvalue weighted by molar-refractivity contribution is -0.258. The van der Waals surface area contributed by atoms with Gasteiger partial charge in [-0.25, -0.2) is 0 Å². The van der Waals surface area contributed by atoms with Crippen molar-refractivity contribution in [3.63, 3.8) is 0 Å². The fraction of sp³-hybridized carbons (Fsp3) is 0.645. The Labute approximate surface area is 245 Å². The van der Waals surface area contributed by atoms with E-state index >= 15 is 0 Å². The minimum atomic E-state index is -0.721. The second-order valence-electron chi connectivity index (χ2n) is 11.7. The van der Waals surface area contributed by atoms with Gasteiger partial charge in [0.1, 0.15) is 5.76 Å². The molecule has 0 aromatic heterocycles. The SMILES string of the molecule is COC1=CC(C2c3cc4c(cc3C(OC3CC5COC(C)OC5CC3O)CCOC(=O)C2C)OCO4)CC(OC)=C1O. The summed E-state index contributed by atoms with van der Waals surface area (Å²) in [4.78, 5) is 13.4. The van der Waals surface area contributed by atoms with Crippen molar-refractivity contribution in [1.29, 1.82) is 0 Å². The molecule has 3 aliphatic heterocycles. The van der Waals surface area contributed by atoms with Gasteiger partial charge in [0.2, 0.25) is 6.79 Å². The second kappa shape index (κ2) is 11.9. The Morgan fingerprint density at radius 2 is 1.76 bits per heavy atom.